The van der Waals surface area contributed by atoms with Crippen LogP contribution in [0.3, 0.4) is 0 Å². The lowest BCUT2D eigenvalue weighted by molar-refractivity contribution is 0.550. The molecule has 1 heteroatoms. The molecule has 0 bridgehead atoms. The largest absolute Gasteiger partial charge is 0.327 e. The Morgan fingerprint density at radius 2 is 1.40 bits per heavy atom. The van der Waals surface area contributed by atoms with E-state index in [9.17, 15) is 0 Å². The molecule has 1 atom stereocenters. The van der Waals surface area contributed by atoms with Crippen LogP contribution in [0.15, 0.2) is 72.8 Å². The van der Waals surface area contributed by atoms with Crippen LogP contribution < -0.4 is 5.73 Å². The molecule has 0 aliphatic carbocycles. The molecule has 0 radical (unpaired) electrons. The number of hydrogen-bond donors (Lipinski definition) is 1. The molecule has 20 heavy (non-hydrogen) atoms. The Labute approximate surface area is 122 Å². The lowest BCUT2D eigenvalue weighted by atomic mass is 9.83. The van der Waals surface area contributed by atoms with E-state index in [0.29, 0.717) is 0 Å². The molecule has 0 saturated heterocycles. The highest BCUT2D eigenvalue weighted by molar-refractivity contribution is 5.34. The predicted molar refractivity (Wildman–Crippen MR) is 86.8 cm³/mol. The molecule has 0 aromatic heterocycles. The van der Waals surface area contributed by atoms with Crippen molar-refractivity contribution in [3.8, 4) is 0 Å². The fourth-order valence-corrected chi connectivity index (χ4v) is 2.59. The molecule has 1 nitrogen and oxygen atoms in total. The maximum atomic E-state index is 6.49. The summed E-state index contributed by atoms with van der Waals surface area (Å²) in [6.45, 7) is 6.04. The first-order valence-corrected chi connectivity index (χ1v) is 7.18. The third kappa shape index (κ3) is 3.82. The zero-order chi connectivity index (χ0) is 14.4. The van der Waals surface area contributed by atoms with Crippen LogP contribution in [0.2, 0.25) is 0 Å². The zero-order valence-corrected chi connectivity index (χ0v) is 12.1. The first-order valence-electron chi connectivity index (χ1n) is 7.18. The minimum absolute atomic E-state index is 0.108. The SMILES string of the molecule is C=C(C)CCC(N)C(c1ccccc1)c1ccccc1. The minimum atomic E-state index is 0.108. The van der Waals surface area contributed by atoms with Crippen molar-refractivity contribution in [2.24, 2.45) is 5.73 Å². The molecule has 0 spiro atoms. The molecule has 2 N–H and O–H groups in total. The first-order chi connectivity index (χ1) is 9.68. The number of rotatable bonds is 6. The van der Waals surface area contributed by atoms with Gasteiger partial charge in [0.2, 0.25) is 0 Å². The molecule has 0 heterocycles. The summed E-state index contributed by atoms with van der Waals surface area (Å²) in [6.07, 6.45) is 1.95. The van der Waals surface area contributed by atoms with Gasteiger partial charge < -0.3 is 5.73 Å². The summed E-state index contributed by atoms with van der Waals surface area (Å²) in [5, 5.41) is 0. The van der Waals surface area contributed by atoms with E-state index in [1.54, 1.807) is 0 Å². The van der Waals surface area contributed by atoms with Crippen molar-refractivity contribution in [2.75, 3.05) is 0 Å². The maximum Gasteiger partial charge on any atom is 0.0241 e. The van der Waals surface area contributed by atoms with E-state index in [4.69, 9.17) is 5.73 Å². The van der Waals surface area contributed by atoms with Gasteiger partial charge in [-0.25, -0.2) is 0 Å². The fourth-order valence-electron chi connectivity index (χ4n) is 2.59. The molecule has 2 aromatic carbocycles. The third-order valence-corrected chi connectivity index (χ3v) is 3.65. The van der Waals surface area contributed by atoms with Gasteiger partial charge in [0, 0.05) is 12.0 Å². The predicted octanol–water partition coefficient (Wildman–Crippen LogP) is 4.50. The summed E-state index contributed by atoms with van der Waals surface area (Å²) in [6, 6.07) is 21.2. The smallest absolute Gasteiger partial charge is 0.0241 e. The average molecular weight is 265 g/mol. The summed E-state index contributed by atoms with van der Waals surface area (Å²) in [5.41, 5.74) is 10.3. The number of nitrogens with two attached hydrogens (primary N) is 1. The van der Waals surface area contributed by atoms with Crippen LogP contribution in [0.1, 0.15) is 36.8 Å². The van der Waals surface area contributed by atoms with E-state index >= 15 is 0 Å². The molecule has 2 rings (SSSR count). The molecule has 0 fully saturated rings. The molecular formula is C19H23N. The molecule has 1 unspecified atom stereocenters. The second-order valence-corrected chi connectivity index (χ2v) is 5.46. The molecule has 2 aromatic rings. The standard InChI is InChI=1S/C19H23N/c1-15(2)13-14-18(20)19(16-9-5-3-6-10-16)17-11-7-4-8-12-17/h3-12,18-19H,1,13-14,20H2,2H3. The Bertz CT molecular complexity index is 491. The molecule has 0 aliphatic heterocycles. The van der Waals surface area contributed by atoms with Crippen LogP contribution in [0, 0.1) is 0 Å². The van der Waals surface area contributed by atoms with Crippen molar-refractivity contribution in [1.29, 1.82) is 0 Å². The van der Waals surface area contributed by atoms with Gasteiger partial charge in [-0.05, 0) is 30.9 Å². The van der Waals surface area contributed by atoms with Gasteiger partial charge in [0.25, 0.3) is 0 Å². The lowest BCUT2D eigenvalue weighted by Crippen LogP contribution is -2.29. The van der Waals surface area contributed by atoms with Crippen LogP contribution in [0.5, 0.6) is 0 Å². The molecular weight excluding hydrogens is 242 g/mol. The van der Waals surface area contributed by atoms with Gasteiger partial charge in [0.15, 0.2) is 0 Å². The normalized spacial score (nSPS) is 12.3. The van der Waals surface area contributed by atoms with Gasteiger partial charge in [0.1, 0.15) is 0 Å². The summed E-state index contributed by atoms with van der Waals surface area (Å²) in [7, 11) is 0. The molecule has 0 aliphatic rings. The monoisotopic (exact) mass is 265 g/mol. The van der Waals surface area contributed by atoms with Crippen molar-refractivity contribution in [2.45, 2.75) is 31.7 Å². The molecule has 104 valence electrons. The van der Waals surface area contributed by atoms with Crippen molar-refractivity contribution in [1.82, 2.24) is 0 Å². The third-order valence-electron chi connectivity index (χ3n) is 3.65. The topological polar surface area (TPSA) is 26.0 Å². The van der Waals surface area contributed by atoms with Gasteiger partial charge in [-0.15, -0.1) is 6.58 Å². The maximum absolute atomic E-state index is 6.49. The van der Waals surface area contributed by atoms with Gasteiger partial charge in [0.05, 0.1) is 0 Å². The van der Waals surface area contributed by atoms with Crippen LogP contribution >= 0.6 is 0 Å². The summed E-state index contributed by atoms with van der Waals surface area (Å²) >= 11 is 0. The van der Waals surface area contributed by atoms with Crippen LogP contribution in [-0.2, 0) is 0 Å². The Balaban J connectivity index is 2.27. The van der Waals surface area contributed by atoms with E-state index in [0.717, 1.165) is 12.8 Å². The van der Waals surface area contributed by atoms with Crippen molar-refractivity contribution >= 4 is 0 Å². The summed E-state index contributed by atoms with van der Waals surface area (Å²) in [4.78, 5) is 0. The average Bonchev–Trinajstić information content (AvgIpc) is 2.48. The lowest BCUT2D eigenvalue weighted by Gasteiger charge is -2.25. The summed E-state index contributed by atoms with van der Waals surface area (Å²) < 4.78 is 0. The Morgan fingerprint density at radius 3 is 1.80 bits per heavy atom. The van der Waals surface area contributed by atoms with E-state index in [1.165, 1.54) is 16.7 Å². The van der Waals surface area contributed by atoms with Crippen LogP contribution in [0.25, 0.3) is 0 Å². The van der Waals surface area contributed by atoms with E-state index < -0.39 is 0 Å². The van der Waals surface area contributed by atoms with Crippen molar-refractivity contribution in [3.05, 3.63) is 83.9 Å². The minimum Gasteiger partial charge on any atom is -0.327 e. The van der Waals surface area contributed by atoms with Gasteiger partial charge in [-0.3, -0.25) is 0 Å². The first kappa shape index (κ1) is 14.5. The van der Waals surface area contributed by atoms with Crippen molar-refractivity contribution < 1.29 is 0 Å². The highest BCUT2D eigenvalue weighted by atomic mass is 14.6. The second-order valence-electron chi connectivity index (χ2n) is 5.46. The van der Waals surface area contributed by atoms with E-state index in [2.05, 4.69) is 62.0 Å². The quantitative estimate of drug-likeness (QED) is 0.764. The molecule has 0 saturated carbocycles. The molecule has 0 amide bonds. The highest BCUT2D eigenvalue weighted by Gasteiger charge is 2.21. The van der Waals surface area contributed by atoms with Gasteiger partial charge in [-0.1, -0.05) is 66.2 Å². The van der Waals surface area contributed by atoms with Crippen LogP contribution in [0.4, 0.5) is 0 Å². The summed E-state index contributed by atoms with van der Waals surface area (Å²) in [5.74, 6) is 0.247. The zero-order valence-electron chi connectivity index (χ0n) is 12.1. The van der Waals surface area contributed by atoms with E-state index in [-0.39, 0.29) is 12.0 Å². The van der Waals surface area contributed by atoms with Gasteiger partial charge >= 0.3 is 0 Å². The van der Waals surface area contributed by atoms with E-state index in [1.807, 2.05) is 12.1 Å². The Morgan fingerprint density at radius 1 is 0.950 bits per heavy atom. The second kappa shape index (κ2) is 7.06. The number of hydrogen-bond acceptors (Lipinski definition) is 1. The van der Waals surface area contributed by atoms with Gasteiger partial charge in [-0.2, -0.15) is 0 Å². The highest BCUT2D eigenvalue weighted by Crippen LogP contribution is 2.29. The number of benzene rings is 2. The Hall–Kier alpha value is -1.86. The fraction of sp³-hybridized carbons (Fsp3) is 0.263. The number of allylic oxidation sites excluding steroid dienone is 1. The Kier molecular flexibility index (Phi) is 5.14. The van der Waals surface area contributed by atoms with Crippen molar-refractivity contribution in [3.63, 3.8) is 0 Å². The van der Waals surface area contributed by atoms with Crippen LogP contribution in [-0.4, -0.2) is 6.04 Å².